The fourth-order valence-corrected chi connectivity index (χ4v) is 3.16. The number of hydrogen-bond acceptors (Lipinski definition) is 5. The normalized spacial score (nSPS) is 15.6. The lowest BCUT2D eigenvalue weighted by molar-refractivity contribution is -0.115. The van der Waals surface area contributed by atoms with Crippen molar-refractivity contribution >= 4 is 17.5 Å². The molecular formula is C20H25N3O4. The number of hydrogen-bond donors (Lipinski definition) is 2. The molecule has 2 aromatic rings. The van der Waals surface area contributed by atoms with Crippen molar-refractivity contribution in [1.82, 2.24) is 10.1 Å². The van der Waals surface area contributed by atoms with E-state index in [1.54, 1.807) is 43.0 Å². The van der Waals surface area contributed by atoms with Gasteiger partial charge in [0.25, 0.3) is 5.91 Å². The highest BCUT2D eigenvalue weighted by molar-refractivity contribution is 5.98. The molecule has 0 radical (unpaired) electrons. The Labute approximate surface area is 158 Å². The molecule has 0 bridgehead atoms. The Morgan fingerprint density at radius 1 is 1.33 bits per heavy atom. The lowest BCUT2D eigenvalue weighted by atomic mass is 9.82. The van der Waals surface area contributed by atoms with Crippen LogP contribution >= 0.6 is 0 Å². The minimum atomic E-state index is -0.810. The Morgan fingerprint density at radius 3 is 2.63 bits per heavy atom. The zero-order valence-corrected chi connectivity index (χ0v) is 16.1. The lowest BCUT2D eigenvalue weighted by Crippen LogP contribution is -2.65. The summed E-state index contributed by atoms with van der Waals surface area (Å²) in [5.74, 6) is 0.368. The van der Waals surface area contributed by atoms with E-state index < -0.39 is 5.60 Å². The van der Waals surface area contributed by atoms with Crippen LogP contribution in [-0.4, -0.2) is 45.7 Å². The van der Waals surface area contributed by atoms with E-state index in [-0.39, 0.29) is 24.2 Å². The predicted molar refractivity (Wildman–Crippen MR) is 100 cm³/mol. The summed E-state index contributed by atoms with van der Waals surface area (Å²) >= 11 is 0. The first kappa shape index (κ1) is 19.1. The van der Waals surface area contributed by atoms with Crippen molar-refractivity contribution in [2.75, 3.05) is 18.4 Å². The molecule has 0 atom stereocenters. The van der Waals surface area contributed by atoms with Crippen LogP contribution in [0.2, 0.25) is 0 Å². The third kappa shape index (κ3) is 3.88. The summed E-state index contributed by atoms with van der Waals surface area (Å²) in [6.07, 6.45) is 0.160. The Balaban J connectivity index is 1.64. The first-order valence-corrected chi connectivity index (χ1v) is 9.03. The number of amides is 2. The van der Waals surface area contributed by atoms with Gasteiger partial charge in [-0.3, -0.25) is 9.59 Å². The highest BCUT2D eigenvalue weighted by Gasteiger charge is 2.45. The molecule has 1 fully saturated rings. The maximum atomic E-state index is 12.6. The highest BCUT2D eigenvalue weighted by atomic mass is 16.5. The number of β-amino-alcohol motifs (C(OH)–C–C–N with tert-alkyl or cyclic N) is 1. The maximum absolute atomic E-state index is 12.6. The Morgan fingerprint density at radius 2 is 2.04 bits per heavy atom. The van der Waals surface area contributed by atoms with E-state index >= 15 is 0 Å². The quantitative estimate of drug-likeness (QED) is 0.841. The van der Waals surface area contributed by atoms with E-state index in [1.165, 1.54) is 0 Å². The number of aliphatic hydroxyl groups is 1. The summed E-state index contributed by atoms with van der Waals surface area (Å²) in [5.41, 5.74) is 1.69. The largest absolute Gasteiger partial charge is 0.386 e. The lowest BCUT2D eigenvalue weighted by Gasteiger charge is -2.49. The van der Waals surface area contributed by atoms with Crippen LogP contribution in [0, 0.1) is 19.8 Å². The molecule has 7 heteroatoms. The van der Waals surface area contributed by atoms with E-state index in [4.69, 9.17) is 4.52 Å². The number of rotatable bonds is 5. The van der Waals surface area contributed by atoms with Gasteiger partial charge in [0.15, 0.2) is 0 Å². The molecule has 7 nitrogen and oxygen atoms in total. The fourth-order valence-electron chi connectivity index (χ4n) is 3.16. The van der Waals surface area contributed by atoms with E-state index in [1.807, 2.05) is 13.8 Å². The Hall–Kier alpha value is -2.67. The standard InChI is InChI=1S/C20H25N3O4/c1-12(2)20(26)10-23(11-20)19(25)15-6-5-7-16(8-15)21-18(24)9-17-13(3)22-27-14(17)4/h5-8,12,26H,9-11H2,1-4H3,(H,21,24). The van der Waals surface area contributed by atoms with E-state index in [0.717, 1.165) is 5.56 Å². The van der Waals surface area contributed by atoms with Crippen molar-refractivity contribution < 1.29 is 19.2 Å². The van der Waals surface area contributed by atoms with E-state index in [2.05, 4.69) is 10.5 Å². The third-order valence-corrected chi connectivity index (χ3v) is 5.20. The molecule has 0 spiro atoms. The molecule has 1 aromatic heterocycles. The zero-order valence-electron chi connectivity index (χ0n) is 16.1. The number of carbonyl (C=O) groups is 2. The van der Waals surface area contributed by atoms with Gasteiger partial charge >= 0.3 is 0 Å². The maximum Gasteiger partial charge on any atom is 0.254 e. The molecule has 0 unspecified atom stereocenters. The second kappa shape index (κ2) is 7.15. The molecule has 1 aliphatic heterocycles. The van der Waals surface area contributed by atoms with Gasteiger partial charge in [-0.25, -0.2) is 0 Å². The summed E-state index contributed by atoms with van der Waals surface area (Å²) in [6.45, 7) is 8.10. The summed E-state index contributed by atoms with van der Waals surface area (Å²) in [6, 6.07) is 6.83. The minimum absolute atomic E-state index is 0.0940. The van der Waals surface area contributed by atoms with Gasteiger partial charge in [0.05, 0.1) is 25.2 Å². The van der Waals surface area contributed by atoms with Gasteiger partial charge in [0.2, 0.25) is 5.91 Å². The third-order valence-electron chi connectivity index (χ3n) is 5.20. The van der Waals surface area contributed by atoms with Crippen molar-refractivity contribution in [2.45, 2.75) is 39.7 Å². The summed E-state index contributed by atoms with van der Waals surface area (Å²) in [7, 11) is 0. The van der Waals surface area contributed by atoms with Crippen LogP contribution in [0.5, 0.6) is 0 Å². The molecule has 2 heterocycles. The van der Waals surface area contributed by atoms with Crippen molar-refractivity contribution in [3.63, 3.8) is 0 Å². The van der Waals surface area contributed by atoms with Gasteiger partial charge in [-0.1, -0.05) is 25.1 Å². The smallest absolute Gasteiger partial charge is 0.254 e. The molecule has 0 saturated carbocycles. The molecule has 1 aromatic carbocycles. The second-order valence-electron chi connectivity index (χ2n) is 7.53. The van der Waals surface area contributed by atoms with Gasteiger partial charge < -0.3 is 19.8 Å². The Bertz CT molecular complexity index is 846. The number of anilines is 1. The summed E-state index contributed by atoms with van der Waals surface area (Å²) < 4.78 is 5.08. The number of carbonyl (C=O) groups excluding carboxylic acids is 2. The van der Waals surface area contributed by atoms with Crippen LogP contribution < -0.4 is 5.32 Å². The molecule has 27 heavy (non-hydrogen) atoms. The molecule has 2 N–H and O–H groups in total. The van der Waals surface area contributed by atoms with Crippen molar-refractivity contribution in [2.24, 2.45) is 5.92 Å². The number of aromatic nitrogens is 1. The van der Waals surface area contributed by atoms with Gasteiger partial charge in [-0.05, 0) is 38.0 Å². The van der Waals surface area contributed by atoms with Crippen LogP contribution in [0.1, 0.15) is 41.2 Å². The van der Waals surface area contributed by atoms with E-state index in [0.29, 0.717) is 35.8 Å². The van der Waals surface area contributed by atoms with Gasteiger partial charge in [0, 0.05) is 16.8 Å². The molecule has 3 rings (SSSR count). The molecule has 1 saturated heterocycles. The van der Waals surface area contributed by atoms with Crippen LogP contribution in [0.25, 0.3) is 0 Å². The second-order valence-corrected chi connectivity index (χ2v) is 7.53. The number of aryl methyl sites for hydroxylation is 2. The van der Waals surface area contributed by atoms with Crippen LogP contribution in [0.4, 0.5) is 5.69 Å². The SMILES string of the molecule is Cc1noc(C)c1CC(=O)Nc1cccc(C(=O)N2CC(O)(C(C)C)C2)c1. The summed E-state index contributed by atoms with van der Waals surface area (Å²) in [5, 5.41) is 17.0. The minimum Gasteiger partial charge on any atom is -0.386 e. The number of nitrogens with zero attached hydrogens (tertiary/aromatic N) is 2. The topological polar surface area (TPSA) is 95.7 Å². The van der Waals surface area contributed by atoms with Crippen molar-refractivity contribution in [3.8, 4) is 0 Å². The number of benzene rings is 1. The molecule has 0 aliphatic carbocycles. The zero-order chi connectivity index (χ0) is 19.8. The predicted octanol–water partition coefficient (Wildman–Crippen LogP) is 2.32. The fraction of sp³-hybridized carbons (Fsp3) is 0.450. The first-order chi connectivity index (χ1) is 12.7. The van der Waals surface area contributed by atoms with Gasteiger partial charge in [-0.15, -0.1) is 0 Å². The molecular weight excluding hydrogens is 346 g/mol. The van der Waals surface area contributed by atoms with Crippen molar-refractivity contribution in [1.29, 1.82) is 0 Å². The monoisotopic (exact) mass is 371 g/mol. The van der Waals surface area contributed by atoms with Gasteiger partial charge in [-0.2, -0.15) is 0 Å². The Kier molecular flexibility index (Phi) is 5.06. The number of likely N-dealkylation sites (tertiary alicyclic amines) is 1. The summed E-state index contributed by atoms with van der Waals surface area (Å²) in [4.78, 5) is 26.5. The molecule has 144 valence electrons. The average molecular weight is 371 g/mol. The molecule has 2 amide bonds. The molecule has 1 aliphatic rings. The van der Waals surface area contributed by atoms with Crippen LogP contribution in [-0.2, 0) is 11.2 Å². The van der Waals surface area contributed by atoms with Crippen LogP contribution in [0.15, 0.2) is 28.8 Å². The van der Waals surface area contributed by atoms with Crippen LogP contribution in [0.3, 0.4) is 0 Å². The van der Waals surface area contributed by atoms with E-state index in [9.17, 15) is 14.7 Å². The average Bonchev–Trinajstić information content (AvgIpc) is 2.90. The van der Waals surface area contributed by atoms with Gasteiger partial charge in [0.1, 0.15) is 11.4 Å². The van der Waals surface area contributed by atoms with Crippen molar-refractivity contribution in [3.05, 3.63) is 46.8 Å². The highest BCUT2D eigenvalue weighted by Crippen LogP contribution is 2.30. The number of nitrogens with one attached hydrogen (secondary N) is 1. The first-order valence-electron chi connectivity index (χ1n) is 9.03.